The summed E-state index contributed by atoms with van der Waals surface area (Å²) in [5, 5.41) is 0. The molecule has 0 spiro atoms. The maximum atomic E-state index is 13.0. The minimum absolute atomic E-state index is 0.360. The first kappa shape index (κ1) is 11.7. The predicted octanol–water partition coefficient (Wildman–Crippen LogP) is 2.73. The van der Waals surface area contributed by atoms with E-state index in [1.165, 1.54) is 0 Å². The van der Waals surface area contributed by atoms with Crippen molar-refractivity contribution >= 4 is 5.78 Å². The van der Waals surface area contributed by atoms with Crippen molar-refractivity contribution in [2.75, 3.05) is 0 Å². The summed E-state index contributed by atoms with van der Waals surface area (Å²) in [5.41, 5.74) is -0.360. The highest BCUT2D eigenvalue weighted by Gasteiger charge is 2.32. The molecule has 0 aliphatic carbocycles. The molecule has 0 aromatic heterocycles. The summed E-state index contributed by atoms with van der Waals surface area (Å²) in [6.45, 7) is 0.423. The maximum absolute atomic E-state index is 13.0. The first-order valence-electron chi connectivity index (χ1n) is 4.16. The van der Waals surface area contributed by atoms with Crippen LogP contribution in [0.15, 0.2) is 18.2 Å². The molecule has 0 amide bonds. The van der Waals surface area contributed by atoms with Crippen LogP contribution >= 0.6 is 0 Å². The van der Waals surface area contributed by atoms with Crippen molar-refractivity contribution in [2.24, 2.45) is 0 Å². The van der Waals surface area contributed by atoms with E-state index in [0.29, 0.717) is 6.92 Å². The number of ketones is 1. The fraction of sp³-hybridized carbons (Fsp3) is 0.300. The van der Waals surface area contributed by atoms with Crippen LogP contribution in [-0.4, -0.2) is 11.7 Å². The zero-order valence-corrected chi connectivity index (χ0v) is 7.86. The third-order valence-electron chi connectivity index (χ3n) is 1.85. The lowest BCUT2D eigenvalue weighted by molar-refractivity contribution is -0.139. The Hall–Kier alpha value is -1.39. The maximum Gasteiger partial charge on any atom is 0.302 e. The van der Waals surface area contributed by atoms with E-state index in [1.54, 1.807) is 0 Å². The average Bonchev–Trinajstić information content (AvgIpc) is 2.09. The minimum Gasteiger partial charge on any atom is -0.293 e. The SMILES string of the molecule is CC(F)(F)C(=O)Cc1cc(F)ccc1F. The second-order valence-electron chi connectivity index (χ2n) is 3.22. The molecule has 1 rings (SSSR count). The summed E-state index contributed by atoms with van der Waals surface area (Å²) < 4.78 is 50.5. The number of hydrogen-bond donors (Lipinski definition) is 0. The van der Waals surface area contributed by atoms with Crippen LogP contribution in [-0.2, 0) is 11.2 Å². The van der Waals surface area contributed by atoms with Gasteiger partial charge in [-0.2, -0.15) is 8.78 Å². The van der Waals surface area contributed by atoms with Crippen molar-refractivity contribution in [3.63, 3.8) is 0 Å². The Morgan fingerprint density at radius 3 is 2.47 bits per heavy atom. The number of benzene rings is 1. The molecule has 0 aliphatic rings. The van der Waals surface area contributed by atoms with Crippen molar-refractivity contribution < 1.29 is 22.4 Å². The van der Waals surface area contributed by atoms with Gasteiger partial charge in [-0.3, -0.25) is 4.79 Å². The highest BCUT2D eigenvalue weighted by Crippen LogP contribution is 2.18. The zero-order valence-electron chi connectivity index (χ0n) is 7.86. The van der Waals surface area contributed by atoms with E-state index in [0.717, 1.165) is 18.2 Å². The molecular formula is C10H8F4O. The first-order chi connectivity index (χ1) is 6.80. The van der Waals surface area contributed by atoms with Crippen LogP contribution in [0.5, 0.6) is 0 Å². The smallest absolute Gasteiger partial charge is 0.293 e. The van der Waals surface area contributed by atoms with Crippen LogP contribution in [0.1, 0.15) is 12.5 Å². The molecule has 0 aliphatic heterocycles. The van der Waals surface area contributed by atoms with Crippen molar-refractivity contribution in [1.82, 2.24) is 0 Å². The number of Topliss-reactive ketones (excluding diaryl/α,β-unsaturated/α-hetero) is 1. The van der Waals surface area contributed by atoms with Crippen LogP contribution in [0.25, 0.3) is 0 Å². The molecule has 1 aromatic carbocycles. The Labute approximate surface area is 83.7 Å². The van der Waals surface area contributed by atoms with Crippen molar-refractivity contribution in [2.45, 2.75) is 19.3 Å². The molecule has 0 atom stereocenters. The molecule has 0 N–H and O–H groups in total. The van der Waals surface area contributed by atoms with E-state index in [9.17, 15) is 22.4 Å². The van der Waals surface area contributed by atoms with Crippen molar-refractivity contribution in [1.29, 1.82) is 0 Å². The molecule has 0 heterocycles. The summed E-state index contributed by atoms with van der Waals surface area (Å²) in [6.07, 6.45) is -0.812. The number of halogens is 4. The van der Waals surface area contributed by atoms with E-state index >= 15 is 0 Å². The fourth-order valence-corrected chi connectivity index (χ4v) is 1.01. The van der Waals surface area contributed by atoms with E-state index in [2.05, 4.69) is 0 Å². The molecular weight excluding hydrogens is 212 g/mol. The van der Waals surface area contributed by atoms with Gasteiger partial charge >= 0.3 is 5.92 Å². The number of hydrogen-bond acceptors (Lipinski definition) is 1. The molecule has 0 unspecified atom stereocenters. The lowest BCUT2D eigenvalue weighted by atomic mass is 10.1. The molecule has 1 nitrogen and oxygen atoms in total. The lowest BCUT2D eigenvalue weighted by Gasteiger charge is -2.09. The van der Waals surface area contributed by atoms with Crippen LogP contribution in [0.4, 0.5) is 17.6 Å². The number of carbonyl (C=O) groups is 1. The Morgan fingerprint density at radius 2 is 1.93 bits per heavy atom. The third-order valence-corrected chi connectivity index (χ3v) is 1.85. The van der Waals surface area contributed by atoms with Crippen LogP contribution in [0, 0.1) is 11.6 Å². The van der Waals surface area contributed by atoms with Gasteiger partial charge in [0.15, 0.2) is 0 Å². The van der Waals surface area contributed by atoms with Gasteiger partial charge in [0.1, 0.15) is 11.6 Å². The van der Waals surface area contributed by atoms with Crippen LogP contribution < -0.4 is 0 Å². The first-order valence-corrected chi connectivity index (χ1v) is 4.16. The van der Waals surface area contributed by atoms with Crippen LogP contribution in [0.3, 0.4) is 0 Å². The summed E-state index contributed by atoms with van der Waals surface area (Å²) >= 11 is 0. The lowest BCUT2D eigenvalue weighted by Crippen LogP contribution is -2.26. The van der Waals surface area contributed by atoms with Gasteiger partial charge in [0, 0.05) is 13.3 Å². The number of rotatable bonds is 3. The molecule has 0 saturated heterocycles. The normalized spacial score (nSPS) is 11.5. The van der Waals surface area contributed by atoms with Crippen molar-refractivity contribution in [3.8, 4) is 0 Å². The monoisotopic (exact) mass is 220 g/mol. The summed E-state index contributed by atoms with van der Waals surface area (Å²) in [7, 11) is 0. The highest BCUT2D eigenvalue weighted by atomic mass is 19.3. The predicted molar refractivity (Wildman–Crippen MR) is 45.7 cm³/mol. The largest absolute Gasteiger partial charge is 0.302 e. The summed E-state index contributed by atoms with van der Waals surface area (Å²) in [6, 6.07) is 2.39. The molecule has 0 saturated carbocycles. The molecule has 0 radical (unpaired) electrons. The van der Waals surface area contributed by atoms with E-state index < -0.39 is 29.8 Å². The van der Waals surface area contributed by atoms with Gasteiger partial charge < -0.3 is 0 Å². The van der Waals surface area contributed by atoms with Gasteiger partial charge in [-0.25, -0.2) is 8.78 Å². The fourth-order valence-electron chi connectivity index (χ4n) is 1.01. The van der Waals surface area contributed by atoms with Crippen LogP contribution in [0.2, 0.25) is 0 Å². The standard InChI is InChI=1S/C10H8F4O/c1-10(13,14)9(15)5-6-4-7(11)2-3-8(6)12/h2-4H,5H2,1H3. The van der Waals surface area contributed by atoms with Gasteiger partial charge in [0.05, 0.1) is 0 Å². The van der Waals surface area contributed by atoms with E-state index in [1.807, 2.05) is 0 Å². The van der Waals surface area contributed by atoms with Gasteiger partial charge in [0.25, 0.3) is 0 Å². The van der Waals surface area contributed by atoms with Gasteiger partial charge in [-0.05, 0) is 23.8 Å². The Balaban J connectivity index is 2.90. The molecule has 5 heteroatoms. The van der Waals surface area contributed by atoms with Gasteiger partial charge in [-0.15, -0.1) is 0 Å². The third kappa shape index (κ3) is 3.04. The van der Waals surface area contributed by atoms with Crippen molar-refractivity contribution in [3.05, 3.63) is 35.4 Å². The quantitative estimate of drug-likeness (QED) is 0.716. The molecule has 0 fully saturated rings. The summed E-state index contributed by atoms with van der Waals surface area (Å²) in [5.74, 6) is -6.60. The number of carbonyl (C=O) groups excluding carboxylic acids is 1. The van der Waals surface area contributed by atoms with Gasteiger partial charge in [0.2, 0.25) is 5.78 Å². The van der Waals surface area contributed by atoms with E-state index in [-0.39, 0.29) is 5.56 Å². The topological polar surface area (TPSA) is 17.1 Å². The second-order valence-corrected chi connectivity index (χ2v) is 3.22. The highest BCUT2D eigenvalue weighted by molar-refractivity contribution is 5.87. The van der Waals surface area contributed by atoms with Gasteiger partial charge in [-0.1, -0.05) is 0 Å². The second kappa shape index (κ2) is 4.00. The Bertz CT molecular complexity index is 381. The molecule has 15 heavy (non-hydrogen) atoms. The average molecular weight is 220 g/mol. The summed E-state index contributed by atoms with van der Waals surface area (Å²) in [4.78, 5) is 10.9. The Morgan fingerprint density at radius 1 is 1.33 bits per heavy atom. The molecule has 1 aromatic rings. The zero-order chi connectivity index (χ0) is 11.6. The molecule has 0 bridgehead atoms. The van der Waals surface area contributed by atoms with E-state index in [4.69, 9.17) is 0 Å². The Kier molecular flexibility index (Phi) is 3.12. The minimum atomic E-state index is -3.53. The number of alkyl halides is 2. The molecule has 82 valence electrons.